The molecule has 0 spiro atoms. The Morgan fingerprint density at radius 3 is 2.12 bits per heavy atom. The van der Waals surface area contributed by atoms with Crippen LogP contribution in [-0.4, -0.2) is 26.2 Å². The summed E-state index contributed by atoms with van der Waals surface area (Å²) < 4.78 is 15.9. The third kappa shape index (κ3) is 4.40. The molecule has 1 amide bonds. The lowest BCUT2D eigenvalue weighted by atomic mass is 10.2. The van der Waals surface area contributed by atoms with Crippen molar-refractivity contribution in [2.45, 2.75) is 13.0 Å². The summed E-state index contributed by atoms with van der Waals surface area (Å²) in [7, 11) is 3.08. The minimum absolute atomic E-state index is 0.310. The van der Waals surface area contributed by atoms with Crippen LogP contribution < -0.4 is 19.5 Å². The molecule has 1 atom stereocenters. The van der Waals surface area contributed by atoms with Gasteiger partial charge in [-0.15, -0.1) is 0 Å². The standard InChI is InChI=1S/C18H18N2O4/c1-12(24-15-6-4-13(11-19)5-7-15)18(21)20-14-8-16(22-2)10-17(9-14)23-3/h4-10,12H,1-3H3,(H,20,21)/t12-/m0/s1. The Labute approximate surface area is 140 Å². The largest absolute Gasteiger partial charge is 0.497 e. The first kappa shape index (κ1) is 17.2. The van der Waals surface area contributed by atoms with Crippen molar-refractivity contribution in [2.24, 2.45) is 0 Å². The molecular formula is C18H18N2O4. The quantitative estimate of drug-likeness (QED) is 0.882. The second-order valence-electron chi connectivity index (χ2n) is 4.99. The summed E-state index contributed by atoms with van der Waals surface area (Å²) in [5.41, 5.74) is 1.08. The third-order valence-electron chi connectivity index (χ3n) is 3.28. The Morgan fingerprint density at radius 1 is 1.04 bits per heavy atom. The van der Waals surface area contributed by atoms with Gasteiger partial charge in [0.05, 0.1) is 25.9 Å². The molecule has 0 aliphatic carbocycles. The highest BCUT2D eigenvalue weighted by atomic mass is 16.5. The van der Waals surface area contributed by atoms with E-state index in [1.807, 2.05) is 6.07 Å². The summed E-state index contributed by atoms with van der Waals surface area (Å²) in [6.45, 7) is 1.64. The number of nitrogens with zero attached hydrogens (tertiary/aromatic N) is 1. The molecule has 0 unspecified atom stereocenters. The molecule has 2 aromatic rings. The van der Waals surface area contributed by atoms with Crippen molar-refractivity contribution in [2.75, 3.05) is 19.5 Å². The molecule has 0 radical (unpaired) electrons. The number of methoxy groups -OCH3 is 2. The van der Waals surface area contributed by atoms with E-state index in [0.29, 0.717) is 28.5 Å². The first-order chi connectivity index (χ1) is 11.5. The molecular weight excluding hydrogens is 308 g/mol. The monoisotopic (exact) mass is 326 g/mol. The molecule has 0 saturated heterocycles. The molecule has 0 fully saturated rings. The number of benzene rings is 2. The van der Waals surface area contributed by atoms with Crippen LogP contribution in [0.1, 0.15) is 12.5 Å². The van der Waals surface area contributed by atoms with Crippen molar-refractivity contribution in [3.05, 3.63) is 48.0 Å². The Balaban J connectivity index is 2.04. The molecule has 6 heteroatoms. The smallest absolute Gasteiger partial charge is 0.265 e. The maximum atomic E-state index is 12.3. The van der Waals surface area contributed by atoms with Crippen molar-refractivity contribution in [3.8, 4) is 23.3 Å². The zero-order valence-corrected chi connectivity index (χ0v) is 13.7. The van der Waals surface area contributed by atoms with Gasteiger partial charge in [0.1, 0.15) is 17.2 Å². The summed E-state index contributed by atoms with van der Waals surface area (Å²) in [5.74, 6) is 1.35. The van der Waals surface area contributed by atoms with Gasteiger partial charge < -0.3 is 19.5 Å². The maximum Gasteiger partial charge on any atom is 0.265 e. The van der Waals surface area contributed by atoms with Crippen LogP contribution in [-0.2, 0) is 4.79 Å². The molecule has 0 aliphatic heterocycles. The number of ether oxygens (including phenoxy) is 3. The lowest BCUT2D eigenvalue weighted by Gasteiger charge is -2.15. The second kappa shape index (κ2) is 7.88. The van der Waals surface area contributed by atoms with Crippen molar-refractivity contribution in [1.29, 1.82) is 5.26 Å². The molecule has 0 aromatic heterocycles. The van der Waals surface area contributed by atoms with Crippen molar-refractivity contribution in [1.82, 2.24) is 0 Å². The average molecular weight is 326 g/mol. The molecule has 124 valence electrons. The van der Waals surface area contributed by atoms with E-state index < -0.39 is 6.10 Å². The van der Waals surface area contributed by atoms with E-state index in [9.17, 15) is 4.79 Å². The number of carbonyl (C=O) groups excluding carboxylic acids is 1. The lowest BCUT2D eigenvalue weighted by molar-refractivity contribution is -0.122. The van der Waals surface area contributed by atoms with Gasteiger partial charge in [-0.05, 0) is 31.2 Å². The normalized spacial score (nSPS) is 11.1. The molecule has 24 heavy (non-hydrogen) atoms. The molecule has 0 saturated carbocycles. The topological polar surface area (TPSA) is 80.6 Å². The minimum Gasteiger partial charge on any atom is -0.497 e. The van der Waals surface area contributed by atoms with Crippen molar-refractivity contribution >= 4 is 11.6 Å². The molecule has 0 bridgehead atoms. The van der Waals surface area contributed by atoms with Crippen LogP contribution in [0.25, 0.3) is 0 Å². The van der Waals surface area contributed by atoms with Gasteiger partial charge in [-0.25, -0.2) is 0 Å². The van der Waals surface area contributed by atoms with Gasteiger partial charge in [0.2, 0.25) is 0 Å². The van der Waals surface area contributed by atoms with Crippen molar-refractivity contribution in [3.63, 3.8) is 0 Å². The first-order valence-corrected chi connectivity index (χ1v) is 7.26. The van der Waals surface area contributed by atoms with E-state index in [0.717, 1.165) is 0 Å². The number of nitrogens with one attached hydrogen (secondary N) is 1. The number of carbonyl (C=O) groups is 1. The maximum absolute atomic E-state index is 12.3. The fraction of sp³-hybridized carbons (Fsp3) is 0.222. The SMILES string of the molecule is COc1cc(NC(=O)[C@H](C)Oc2ccc(C#N)cc2)cc(OC)c1. The average Bonchev–Trinajstić information content (AvgIpc) is 2.61. The fourth-order valence-electron chi connectivity index (χ4n) is 1.99. The van der Waals surface area contributed by atoms with E-state index in [-0.39, 0.29) is 5.91 Å². The van der Waals surface area contributed by atoms with Gasteiger partial charge in [0, 0.05) is 23.9 Å². The van der Waals surface area contributed by atoms with Crippen LogP contribution in [0.15, 0.2) is 42.5 Å². The second-order valence-corrected chi connectivity index (χ2v) is 4.99. The van der Waals surface area contributed by atoms with E-state index in [1.54, 1.807) is 49.4 Å². The van der Waals surface area contributed by atoms with Crippen LogP contribution in [0.5, 0.6) is 17.2 Å². The van der Waals surface area contributed by atoms with Gasteiger partial charge >= 0.3 is 0 Å². The van der Waals surface area contributed by atoms with Crippen LogP contribution in [0.4, 0.5) is 5.69 Å². The van der Waals surface area contributed by atoms with Gasteiger partial charge in [0.15, 0.2) is 6.10 Å². The van der Waals surface area contributed by atoms with Crippen LogP contribution in [0.2, 0.25) is 0 Å². The number of nitriles is 1. The summed E-state index contributed by atoms with van der Waals surface area (Å²) >= 11 is 0. The Bertz CT molecular complexity index is 728. The van der Waals surface area contributed by atoms with Crippen LogP contribution >= 0.6 is 0 Å². The number of amides is 1. The predicted octanol–water partition coefficient (Wildman–Crippen LogP) is 2.98. The first-order valence-electron chi connectivity index (χ1n) is 7.26. The highest BCUT2D eigenvalue weighted by Crippen LogP contribution is 2.26. The molecule has 0 heterocycles. The molecule has 0 aliphatic rings. The summed E-state index contributed by atoms with van der Waals surface area (Å²) in [6, 6.07) is 13.7. The highest BCUT2D eigenvalue weighted by molar-refractivity contribution is 5.94. The molecule has 1 N–H and O–H groups in total. The lowest BCUT2D eigenvalue weighted by Crippen LogP contribution is -2.30. The van der Waals surface area contributed by atoms with E-state index >= 15 is 0 Å². The molecule has 2 rings (SSSR count). The fourth-order valence-corrected chi connectivity index (χ4v) is 1.99. The summed E-state index contributed by atoms with van der Waals surface area (Å²) in [5, 5.41) is 11.5. The van der Waals surface area contributed by atoms with Gasteiger partial charge in [-0.1, -0.05) is 0 Å². The van der Waals surface area contributed by atoms with E-state index in [2.05, 4.69) is 5.32 Å². The van der Waals surface area contributed by atoms with Gasteiger partial charge in [0.25, 0.3) is 5.91 Å². The van der Waals surface area contributed by atoms with Crippen LogP contribution in [0, 0.1) is 11.3 Å². The Kier molecular flexibility index (Phi) is 5.63. The highest BCUT2D eigenvalue weighted by Gasteiger charge is 2.16. The Morgan fingerprint density at radius 2 is 1.62 bits per heavy atom. The van der Waals surface area contributed by atoms with E-state index in [1.165, 1.54) is 14.2 Å². The number of rotatable bonds is 6. The Hall–Kier alpha value is -3.20. The number of hydrogen-bond acceptors (Lipinski definition) is 5. The van der Waals surface area contributed by atoms with Gasteiger partial charge in [-0.2, -0.15) is 5.26 Å². The zero-order valence-electron chi connectivity index (χ0n) is 13.7. The van der Waals surface area contributed by atoms with Crippen LogP contribution in [0.3, 0.4) is 0 Å². The molecule has 2 aromatic carbocycles. The third-order valence-corrected chi connectivity index (χ3v) is 3.28. The van der Waals surface area contributed by atoms with Gasteiger partial charge in [-0.3, -0.25) is 4.79 Å². The van der Waals surface area contributed by atoms with E-state index in [4.69, 9.17) is 19.5 Å². The number of hydrogen-bond donors (Lipinski definition) is 1. The summed E-state index contributed by atoms with van der Waals surface area (Å²) in [6.07, 6.45) is -0.713. The minimum atomic E-state index is -0.713. The van der Waals surface area contributed by atoms with Crippen molar-refractivity contribution < 1.29 is 19.0 Å². The zero-order chi connectivity index (χ0) is 17.5. The molecule has 6 nitrogen and oxygen atoms in total. The number of anilines is 1. The predicted molar refractivity (Wildman–Crippen MR) is 89.4 cm³/mol. The summed E-state index contributed by atoms with van der Waals surface area (Å²) in [4.78, 5) is 12.3.